The van der Waals surface area contributed by atoms with Gasteiger partial charge in [0.25, 0.3) is 0 Å². The lowest BCUT2D eigenvalue weighted by atomic mass is 10.0. The van der Waals surface area contributed by atoms with Crippen LogP contribution in [0.5, 0.6) is 5.75 Å². The number of benzene rings is 1. The first-order valence-electron chi connectivity index (χ1n) is 4.35. The van der Waals surface area contributed by atoms with Gasteiger partial charge in [0.05, 0.1) is 19.1 Å². The van der Waals surface area contributed by atoms with Crippen LogP contribution in [0, 0.1) is 5.82 Å². The van der Waals surface area contributed by atoms with E-state index in [4.69, 9.17) is 16.3 Å². The van der Waals surface area contributed by atoms with Crippen molar-refractivity contribution in [1.82, 2.24) is 0 Å². The molecule has 0 bridgehead atoms. The number of aliphatic hydroxyl groups is 2. The van der Waals surface area contributed by atoms with Crippen molar-refractivity contribution in [2.75, 3.05) is 13.0 Å². The van der Waals surface area contributed by atoms with Gasteiger partial charge in [-0.25, -0.2) is 4.39 Å². The van der Waals surface area contributed by atoms with Crippen LogP contribution in [0.4, 0.5) is 4.39 Å². The molecular formula is C10H12ClFO3. The van der Waals surface area contributed by atoms with Crippen molar-refractivity contribution in [1.29, 1.82) is 0 Å². The van der Waals surface area contributed by atoms with Crippen molar-refractivity contribution in [3.8, 4) is 5.75 Å². The molecule has 0 aliphatic carbocycles. The molecule has 0 aromatic heterocycles. The van der Waals surface area contributed by atoms with E-state index in [1.54, 1.807) is 0 Å². The fourth-order valence-electron chi connectivity index (χ4n) is 1.17. The van der Waals surface area contributed by atoms with Crippen LogP contribution in [0.1, 0.15) is 11.7 Å². The van der Waals surface area contributed by atoms with Crippen molar-refractivity contribution in [2.24, 2.45) is 0 Å². The Hall–Kier alpha value is -0.840. The summed E-state index contributed by atoms with van der Waals surface area (Å²) in [5, 5.41) is 18.8. The molecular weight excluding hydrogens is 223 g/mol. The number of methoxy groups -OCH3 is 1. The summed E-state index contributed by atoms with van der Waals surface area (Å²) in [6.07, 6.45) is -2.55. The van der Waals surface area contributed by atoms with Crippen molar-refractivity contribution in [3.05, 3.63) is 29.6 Å². The third kappa shape index (κ3) is 2.81. The Morgan fingerprint density at radius 2 is 2.13 bits per heavy atom. The van der Waals surface area contributed by atoms with Crippen LogP contribution in [-0.2, 0) is 0 Å². The molecule has 84 valence electrons. The largest absolute Gasteiger partial charge is 0.497 e. The predicted octanol–water partition coefficient (Wildman–Crippen LogP) is 1.47. The minimum absolute atomic E-state index is 0.0255. The number of hydrogen-bond acceptors (Lipinski definition) is 3. The van der Waals surface area contributed by atoms with Crippen LogP contribution >= 0.6 is 11.6 Å². The first-order chi connectivity index (χ1) is 7.10. The van der Waals surface area contributed by atoms with Crippen molar-refractivity contribution < 1.29 is 19.3 Å². The molecule has 0 heterocycles. The van der Waals surface area contributed by atoms with E-state index < -0.39 is 18.0 Å². The van der Waals surface area contributed by atoms with Crippen molar-refractivity contribution >= 4 is 11.6 Å². The second-order valence-electron chi connectivity index (χ2n) is 3.05. The summed E-state index contributed by atoms with van der Waals surface area (Å²) in [7, 11) is 1.43. The number of aliphatic hydroxyl groups excluding tert-OH is 2. The second-order valence-corrected chi connectivity index (χ2v) is 3.36. The molecule has 0 radical (unpaired) electrons. The summed E-state index contributed by atoms with van der Waals surface area (Å²) >= 11 is 5.36. The van der Waals surface area contributed by atoms with Gasteiger partial charge in [0.15, 0.2) is 0 Å². The number of halogens is 2. The summed E-state index contributed by atoms with van der Waals surface area (Å²) in [5.41, 5.74) is -0.0255. The second kappa shape index (κ2) is 5.30. The van der Waals surface area contributed by atoms with E-state index >= 15 is 0 Å². The minimum atomic E-state index is -1.35. The van der Waals surface area contributed by atoms with Gasteiger partial charge >= 0.3 is 0 Å². The molecule has 5 heteroatoms. The van der Waals surface area contributed by atoms with E-state index in [1.165, 1.54) is 25.3 Å². The van der Waals surface area contributed by atoms with Gasteiger partial charge in [-0.1, -0.05) is 0 Å². The number of hydrogen-bond donors (Lipinski definition) is 2. The average Bonchev–Trinajstić information content (AvgIpc) is 2.27. The zero-order valence-corrected chi connectivity index (χ0v) is 8.91. The maximum absolute atomic E-state index is 13.3. The summed E-state index contributed by atoms with van der Waals surface area (Å²) in [4.78, 5) is 0. The Morgan fingerprint density at radius 1 is 1.47 bits per heavy atom. The molecule has 1 aromatic carbocycles. The number of alkyl halides is 1. The van der Waals surface area contributed by atoms with E-state index in [9.17, 15) is 14.6 Å². The number of rotatable bonds is 4. The molecule has 0 amide bonds. The first kappa shape index (κ1) is 12.2. The topological polar surface area (TPSA) is 49.7 Å². The molecule has 15 heavy (non-hydrogen) atoms. The Balaban J connectivity index is 3.01. The third-order valence-electron chi connectivity index (χ3n) is 2.04. The van der Waals surface area contributed by atoms with E-state index in [-0.39, 0.29) is 11.4 Å². The monoisotopic (exact) mass is 234 g/mol. The normalized spacial score (nSPS) is 14.7. The van der Waals surface area contributed by atoms with Crippen LogP contribution in [0.15, 0.2) is 18.2 Å². The van der Waals surface area contributed by atoms with Gasteiger partial charge in [0.1, 0.15) is 17.7 Å². The van der Waals surface area contributed by atoms with Crippen LogP contribution < -0.4 is 4.74 Å². The Morgan fingerprint density at radius 3 is 2.67 bits per heavy atom. The standard InChI is InChI=1S/C10H12ClFO3/c1-15-6-2-3-8(12)7(4-6)10(14)9(13)5-11/h2-4,9-10,13-14H,5H2,1H3. The quantitative estimate of drug-likeness (QED) is 0.776. The predicted molar refractivity (Wildman–Crippen MR) is 54.6 cm³/mol. The Kier molecular flexibility index (Phi) is 4.32. The molecule has 0 fully saturated rings. The third-order valence-corrected chi connectivity index (χ3v) is 2.36. The van der Waals surface area contributed by atoms with Crippen LogP contribution in [-0.4, -0.2) is 29.3 Å². The van der Waals surface area contributed by atoms with Gasteiger partial charge < -0.3 is 14.9 Å². The summed E-state index contributed by atoms with van der Waals surface area (Å²) in [5.74, 6) is -0.364. The molecule has 2 unspecified atom stereocenters. The van der Waals surface area contributed by atoms with Gasteiger partial charge in [0, 0.05) is 5.56 Å². The maximum Gasteiger partial charge on any atom is 0.129 e. The first-order valence-corrected chi connectivity index (χ1v) is 4.89. The van der Waals surface area contributed by atoms with E-state index in [0.717, 1.165) is 0 Å². The molecule has 0 spiro atoms. The smallest absolute Gasteiger partial charge is 0.129 e. The maximum atomic E-state index is 13.3. The highest BCUT2D eigenvalue weighted by Gasteiger charge is 2.21. The van der Waals surface area contributed by atoms with E-state index in [1.807, 2.05) is 0 Å². The minimum Gasteiger partial charge on any atom is -0.497 e. The van der Waals surface area contributed by atoms with Crippen molar-refractivity contribution in [2.45, 2.75) is 12.2 Å². The fraction of sp³-hybridized carbons (Fsp3) is 0.400. The molecule has 0 aliphatic rings. The van der Waals surface area contributed by atoms with Crippen LogP contribution in [0.2, 0.25) is 0 Å². The Labute approximate surface area is 92.1 Å². The molecule has 1 rings (SSSR count). The SMILES string of the molecule is COc1ccc(F)c(C(O)C(O)CCl)c1. The summed E-state index contributed by atoms with van der Waals surface area (Å²) in [6, 6.07) is 3.92. The molecule has 0 saturated carbocycles. The Bertz CT molecular complexity index is 332. The lowest BCUT2D eigenvalue weighted by molar-refractivity contribution is 0.0303. The van der Waals surface area contributed by atoms with Gasteiger partial charge in [-0.05, 0) is 18.2 Å². The average molecular weight is 235 g/mol. The van der Waals surface area contributed by atoms with E-state index in [0.29, 0.717) is 5.75 Å². The van der Waals surface area contributed by atoms with Crippen LogP contribution in [0.25, 0.3) is 0 Å². The zero-order valence-electron chi connectivity index (χ0n) is 8.15. The molecule has 0 aliphatic heterocycles. The van der Waals surface area contributed by atoms with E-state index in [2.05, 4.69) is 0 Å². The zero-order chi connectivity index (χ0) is 11.4. The highest BCUT2D eigenvalue weighted by atomic mass is 35.5. The summed E-state index contributed by atoms with van der Waals surface area (Å²) in [6.45, 7) is 0. The van der Waals surface area contributed by atoms with Crippen LogP contribution in [0.3, 0.4) is 0 Å². The molecule has 3 nitrogen and oxygen atoms in total. The van der Waals surface area contributed by atoms with Gasteiger partial charge in [-0.3, -0.25) is 0 Å². The molecule has 2 atom stereocenters. The lowest BCUT2D eigenvalue weighted by Gasteiger charge is -2.16. The lowest BCUT2D eigenvalue weighted by Crippen LogP contribution is -2.20. The molecule has 1 aromatic rings. The van der Waals surface area contributed by atoms with Gasteiger partial charge in [0.2, 0.25) is 0 Å². The van der Waals surface area contributed by atoms with Crippen molar-refractivity contribution in [3.63, 3.8) is 0 Å². The fourth-order valence-corrected chi connectivity index (χ4v) is 1.34. The van der Waals surface area contributed by atoms with Gasteiger partial charge in [-0.15, -0.1) is 11.6 Å². The summed E-state index contributed by atoms with van der Waals surface area (Å²) < 4.78 is 18.2. The molecule has 2 N–H and O–H groups in total. The highest BCUT2D eigenvalue weighted by molar-refractivity contribution is 6.18. The number of ether oxygens (including phenoxy) is 1. The highest BCUT2D eigenvalue weighted by Crippen LogP contribution is 2.25. The van der Waals surface area contributed by atoms with Gasteiger partial charge in [-0.2, -0.15) is 0 Å². The molecule has 0 saturated heterocycles.